The maximum atomic E-state index is 12.6. The molecule has 0 amide bonds. The summed E-state index contributed by atoms with van der Waals surface area (Å²) in [5, 5.41) is 10.1. The zero-order chi connectivity index (χ0) is 24.2. The third-order valence-corrected chi connectivity index (χ3v) is 5.08. The Hall–Kier alpha value is -3.54. The van der Waals surface area contributed by atoms with Gasteiger partial charge < -0.3 is 19.3 Å². The quantitative estimate of drug-likeness (QED) is 0.186. The second-order valence-electron chi connectivity index (χ2n) is 7.43. The lowest BCUT2D eigenvalue weighted by Gasteiger charge is -2.17. The van der Waals surface area contributed by atoms with E-state index in [1.54, 1.807) is 49.4 Å². The molecule has 0 heterocycles. The fourth-order valence-corrected chi connectivity index (χ4v) is 3.27. The molecule has 0 aliphatic carbocycles. The van der Waals surface area contributed by atoms with Crippen molar-refractivity contribution in [3.8, 4) is 17.2 Å². The van der Waals surface area contributed by atoms with E-state index in [0.717, 1.165) is 6.42 Å². The van der Waals surface area contributed by atoms with E-state index < -0.39 is 0 Å². The van der Waals surface area contributed by atoms with Gasteiger partial charge in [0.15, 0.2) is 5.78 Å². The van der Waals surface area contributed by atoms with Crippen LogP contribution >= 0.6 is 0 Å². The summed E-state index contributed by atoms with van der Waals surface area (Å²) < 4.78 is 16.2. The number of allylic oxidation sites excluding steroid dienone is 2. The predicted molar refractivity (Wildman–Crippen MR) is 129 cm³/mol. The summed E-state index contributed by atoms with van der Waals surface area (Å²) in [5.41, 5.74) is 1.91. The second-order valence-corrected chi connectivity index (χ2v) is 7.43. The number of rotatable bonds is 13. The summed E-state index contributed by atoms with van der Waals surface area (Å²) in [6.45, 7) is 7.84. The molecule has 1 N–H and O–H groups in total. The summed E-state index contributed by atoms with van der Waals surface area (Å²) in [7, 11) is 1.51. The molecule has 0 bridgehead atoms. The summed E-state index contributed by atoms with van der Waals surface area (Å²) in [5.74, 6) is 0.839. The fraction of sp³-hybridized carbons (Fsp3) is 0.333. The van der Waals surface area contributed by atoms with Crippen molar-refractivity contribution in [2.75, 3.05) is 13.7 Å². The van der Waals surface area contributed by atoms with E-state index in [1.165, 1.54) is 19.3 Å². The highest BCUT2D eigenvalue weighted by molar-refractivity contribution is 6.07. The van der Waals surface area contributed by atoms with Crippen molar-refractivity contribution in [3.05, 3.63) is 71.8 Å². The van der Waals surface area contributed by atoms with Gasteiger partial charge in [-0.05, 0) is 74.2 Å². The van der Waals surface area contributed by atoms with Gasteiger partial charge in [-0.1, -0.05) is 13.0 Å². The number of carbonyl (C=O) groups excluding carboxylic acids is 2. The molecule has 33 heavy (non-hydrogen) atoms. The van der Waals surface area contributed by atoms with Crippen molar-refractivity contribution in [2.45, 2.75) is 45.6 Å². The topological polar surface area (TPSA) is 82.1 Å². The van der Waals surface area contributed by atoms with Crippen LogP contribution in [0.25, 0.3) is 6.08 Å². The molecule has 6 heteroatoms. The van der Waals surface area contributed by atoms with Crippen molar-refractivity contribution >= 4 is 17.8 Å². The SMILES string of the molecule is C=CCc1cc(C=CC(=O)c2ccc(OC(CC)CCC(=O)OCC)cc2)c(OC)cc1O. The third-order valence-electron chi connectivity index (χ3n) is 5.08. The van der Waals surface area contributed by atoms with Crippen LogP contribution in [0.4, 0.5) is 0 Å². The number of carbonyl (C=O) groups is 2. The van der Waals surface area contributed by atoms with Gasteiger partial charge in [-0.15, -0.1) is 6.58 Å². The Balaban J connectivity index is 2.05. The zero-order valence-electron chi connectivity index (χ0n) is 19.5. The minimum absolute atomic E-state index is 0.109. The smallest absolute Gasteiger partial charge is 0.305 e. The van der Waals surface area contributed by atoms with Gasteiger partial charge in [-0.2, -0.15) is 0 Å². The van der Waals surface area contributed by atoms with Crippen LogP contribution in [-0.2, 0) is 16.0 Å². The van der Waals surface area contributed by atoms with Gasteiger partial charge in [0, 0.05) is 23.6 Å². The molecule has 0 aromatic heterocycles. The molecule has 0 aliphatic rings. The average molecular weight is 453 g/mol. The lowest BCUT2D eigenvalue weighted by atomic mass is 10.0. The van der Waals surface area contributed by atoms with Gasteiger partial charge in [0.25, 0.3) is 0 Å². The molecule has 176 valence electrons. The zero-order valence-corrected chi connectivity index (χ0v) is 19.5. The first kappa shape index (κ1) is 25.7. The molecule has 0 spiro atoms. The average Bonchev–Trinajstić information content (AvgIpc) is 2.82. The van der Waals surface area contributed by atoms with Gasteiger partial charge in [-0.25, -0.2) is 0 Å². The van der Waals surface area contributed by atoms with Crippen LogP contribution in [0.15, 0.2) is 55.1 Å². The number of ketones is 1. The first-order valence-corrected chi connectivity index (χ1v) is 11.1. The van der Waals surface area contributed by atoms with Gasteiger partial charge in [0.1, 0.15) is 17.2 Å². The van der Waals surface area contributed by atoms with E-state index in [9.17, 15) is 14.7 Å². The minimum atomic E-state index is -0.228. The van der Waals surface area contributed by atoms with E-state index in [2.05, 4.69) is 6.58 Å². The molecular weight excluding hydrogens is 420 g/mol. The predicted octanol–water partition coefficient (Wildman–Crippen LogP) is 5.53. The van der Waals surface area contributed by atoms with Crippen molar-refractivity contribution in [1.29, 1.82) is 0 Å². The Labute approximate surface area is 195 Å². The van der Waals surface area contributed by atoms with Crippen LogP contribution in [0.3, 0.4) is 0 Å². The molecular formula is C27H32O6. The molecule has 0 saturated heterocycles. The minimum Gasteiger partial charge on any atom is -0.508 e. The molecule has 0 aliphatic heterocycles. The summed E-state index contributed by atoms with van der Waals surface area (Å²) in [6, 6.07) is 10.2. The van der Waals surface area contributed by atoms with Gasteiger partial charge in [0.2, 0.25) is 0 Å². The Kier molecular flexibility index (Phi) is 10.2. The van der Waals surface area contributed by atoms with Gasteiger partial charge >= 0.3 is 5.97 Å². The Morgan fingerprint density at radius 1 is 1.15 bits per heavy atom. The summed E-state index contributed by atoms with van der Waals surface area (Å²) in [6.07, 6.45) is 6.86. The highest BCUT2D eigenvalue weighted by atomic mass is 16.5. The van der Waals surface area contributed by atoms with Crippen LogP contribution < -0.4 is 9.47 Å². The number of ether oxygens (including phenoxy) is 3. The molecule has 2 aromatic rings. The highest BCUT2D eigenvalue weighted by Crippen LogP contribution is 2.30. The summed E-state index contributed by atoms with van der Waals surface area (Å²) >= 11 is 0. The number of hydrogen-bond acceptors (Lipinski definition) is 6. The number of methoxy groups -OCH3 is 1. The standard InChI is InChI=1S/C27H32O6/c1-5-8-20-17-21(26(31-4)18-25(20)29)11-15-24(28)19-9-12-23(13-10-19)33-22(6-2)14-16-27(30)32-7-3/h5,9-13,15,17-18,22,29H,1,6-8,14,16H2,2-4H3. The van der Waals surface area contributed by atoms with Crippen molar-refractivity contribution in [3.63, 3.8) is 0 Å². The monoisotopic (exact) mass is 452 g/mol. The lowest BCUT2D eigenvalue weighted by molar-refractivity contribution is -0.143. The van der Waals surface area contributed by atoms with Crippen LogP contribution in [-0.4, -0.2) is 36.7 Å². The fourth-order valence-electron chi connectivity index (χ4n) is 3.27. The van der Waals surface area contributed by atoms with Crippen LogP contribution in [0.2, 0.25) is 0 Å². The number of benzene rings is 2. The normalized spacial score (nSPS) is 11.7. The number of phenols is 1. The summed E-state index contributed by atoms with van der Waals surface area (Å²) in [4.78, 5) is 24.2. The van der Waals surface area contributed by atoms with E-state index in [0.29, 0.717) is 54.1 Å². The Bertz CT molecular complexity index is 975. The third kappa shape index (κ3) is 7.83. The number of aromatic hydroxyl groups is 1. The molecule has 6 nitrogen and oxygen atoms in total. The van der Waals surface area contributed by atoms with Crippen LogP contribution in [0.1, 0.15) is 54.6 Å². The van der Waals surface area contributed by atoms with Crippen molar-refractivity contribution in [2.24, 2.45) is 0 Å². The number of esters is 1. The molecule has 1 unspecified atom stereocenters. The van der Waals surface area contributed by atoms with E-state index in [4.69, 9.17) is 14.2 Å². The number of hydrogen-bond donors (Lipinski definition) is 1. The number of phenolic OH excluding ortho intramolecular Hbond substituents is 1. The van der Waals surface area contributed by atoms with E-state index >= 15 is 0 Å². The lowest BCUT2D eigenvalue weighted by Crippen LogP contribution is -2.18. The molecule has 2 aromatic carbocycles. The molecule has 0 radical (unpaired) electrons. The maximum Gasteiger partial charge on any atom is 0.305 e. The van der Waals surface area contributed by atoms with Crippen LogP contribution in [0.5, 0.6) is 17.2 Å². The van der Waals surface area contributed by atoms with E-state index in [1.807, 2.05) is 6.92 Å². The van der Waals surface area contributed by atoms with Gasteiger partial charge in [-0.3, -0.25) is 9.59 Å². The van der Waals surface area contributed by atoms with Crippen molar-refractivity contribution < 1.29 is 28.9 Å². The largest absolute Gasteiger partial charge is 0.508 e. The molecule has 0 fully saturated rings. The van der Waals surface area contributed by atoms with Crippen LogP contribution in [0, 0.1) is 0 Å². The van der Waals surface area contributed by atoms with Crippen molar-refractivity contribution in [1.82, 2.24) is 0 Å². The molecule has 0 saturated carbocycles. The van der Waals surface area contributed by atoms with Gasteiger partial charge in [0.05, 0.1) is 19.8 Å². The second kappa shape index (κ2) is 13.1. The van der Waals surface area contributed by atoms with E-state index in [-0.39, 0.29) is 23.6 Å². The Morgan fingerprint density at radius 3 is 2.48 bits per heavy atom. The molecule has 1 atom stereocenters. The first-order valence-electron chi connectivity index (χ1n) is 11.1. The first-order chi connectivity index (χ1) is 15.9. The molecule has 2 rings (SSSR count). The highest BCUT2D eigenvalue weighted by Gasteiger charge is 2.13. The Morgan fingerprint density at radius 2 is 1.88 bits per heavy atom. The maximum absolute atomic E-state index is 12.6.